The molecular formula is C28H27N3O2S. The molecule has 1 aliphatic rings. The van der Waals surface area contributed by atoms with Gasteiger partial charge in [0.15, 0.2) is 0 Å². The van der Waals surface area contributed by atoms with Gasteiger partial charge in [0.05, 0.1) is 21.9 Å². The second-order valence-corrected chi connectivity index (χ2v) is 9.82. The van der Waals surface area contributed by atoms with Crippen molar-refractivity contribution in [1.29, 1.82) is 0 Å². The molecule has 5 nitrogen and oxygen atoms in total. The summed E-state index contributed by atoms with van der Waals surface area (Å²) in [4.78, 5) is 31.5. The number of rotatable bonds is 5. The molecular weight excluding hydrogens is 442 g/mol. The summed E-state index contributed by atoms with van der Waals surface area (Å²) >= 11 is 1.40. The SMILES string of the molecule is Cc1cccc(C2c3cccn3-c3ccccc3N2C(=O)CN(C(=O)c2cccs2)C(C)C)c1. The Bertz CT molecular complexity index is 1340. The largest absolute Gasteiger partial charge is 0.326 e. The summed E-state index contributed by atoms with van der Waals surface area (Å²) < 4.78 is 2.16. The van der Waals surface area contributed by atoms with E-state index in [1.54, 1.807) is 4.90 Å². The van der Waals surface area contributed by atoms with Crippen LogP contribution < -0.4 is 4.90 Å². The minimum absolute atomic E-state index is 0.00571. The quantitative estimate of drug-likeness (QED) is 0.369. The van der Waals surface area contributed by atoms with Gasteiger partial charge in [0, 0.05) is 12.2 Å². The number of thiophene rings is 1. The summed E-state index contributed by atoms with van der Waals surface area (Å²) in [5, 5.41) is 1.89. The predicted molar refractivity (Wildman–Crippen MR) is 137 cm³/mol. The number of aromatic nitrogens is 1. The maximum absolute atomic E-state index is 14.1. The molecule has 2 aromatic heterocycles. The van der Waals surface area contributed by atoms with E-state index in [2.05, 4.69) is 35.8 Å². The zero-order valence-electron chi connectivity index (χ0n) is 19.5. The molecule has 1 aliphatic heterocycles. The third-order valence-corrected chi connectivity index (χ3v) is 7.13. The number of fused-ring (bicyclic) bond motifs is 3. The molecule has 0 radical (unpaired) electrons. The van der Waals surface area contributed by atoms with Crippen molar-refractivity contribution in [3.63, 3.8) is 0 Å². The second-order valence-electron chi connectivity index (χ2n) is 8.88. The number of hydrogen-bond acceptors (Lipinski definition) is 3. The molecule has 34 heavy (non-hydrogen) atoms. The molecule has 2 amide bonds. The van der Waals surface area contributed by atoms with Crippen LogP contribution >= 0.6 is 11.3 Å². The van der Waals surface area contributed by atoms with Gasteiger partial charge >= 0.3 is 0 Å². The van der Waals surface area contributed by atoms with E-state index in [0.717, 1.165) is 28.2 Å². The lowest BCUT2D eigenvalue weighted by Crippen LogP contribution is -2.48. The summed E-state index contributed by atoms with van der Waals surface area (Å²) in [5.74, 6) is -0.218. The number of nitrogens with zero attached hydrogens (tertiary/aromatic N) is 3. The summed E-state index contributed by atoms with van der Waals surface area (Å²) in [6, 6.07) is 23.6. The first-order valence-corrected chi connectivity index (χ1v) is 12.3. The Balaban J connectivity index is 1.60. The monoisotopic (exact) mass is 469 g/mol. The molecule has 0 N–H and O–H groups in total. The van der Waals surface area contributed by atoms with Crippen LogP contribution in [0, 0.1) is 6.92 Å². The molecule has 0 saturated carbocycles. The van der Waals surface area contributed by atoms with Crippen molar-refractivity contribution in [2.24, 2.45) is 0 Å². The van der Waals surface area contributed by atoms with Crippen LogP contribution in [0.25, 0.3) is 5.69 Å². The average Bonchev–Trinajstić information content (AvgIpc) is 3.53. The highest BCUT2D eigenvalue weighted by Crippen LogP contribution is 2.42. The third kappa shape index (κ3) is 3.84. The van der Waals surface area contributed by atoms with Gasteiger partial charge in [-0.15, -0.1) is 11.3 Å². The molecule has 1 atom stereocenters. The van der Waals surface area contributed by atoms with Crippen molar-refractivity contribution < 1.29 is 9.59 Å². The van der Waals surface area contributed by atoms with E-state index >= 15 is 0 Å². The number of hydrogen-bond donors (Lipinski definition) is 0. The molecule has 172 valence electrons. The van der Waals surface area contributed by atoms with Gasteiger partial charge in [0.1, 0.15) is 12.6 Å². The molecule has 0 spiro atoms. The Kier molecular flexibility index (Phi) is 5.84. The van der Waals surface area contributed by atoms with E-state index in [-0.39, 0.29) is 30.4 Å². The van der Waals surface area contributed by atoms with Crippen LogP contribution in [-0.2, 0) is 4.79 Å². The van der Waals surface area contributed by atoms with Gasteiger partial charge in [-0.1, -0.05) is 48.0 Å². The summed E-state index contributed by atoms with van der Waals surface area (Å²) in [5.41, 5.74) is 5.01. The van der Waals surface area contributed by atoms with E-state index in [1.165, 1.54) is 11.3 Å². The van der Waals surface area contributed by atoms with Crippen LogP contribution in [0.5, 0.6) is 0 Å². The third-order valence-electron chi connectivity index (χ3n) is 6.27. The van der Waals surface area contributed by atoms with E-state index < -0.39 is 0 Å². The van der Waals surface area contributed by atoms with Crippen molar-refractivity contribution >= 4 is 28.8 Å². The van der Waals surface area contributed by atoms with Crippen molar-refractivity contribution in [1.82, 2.24) is 9.47 Å². The van der Waals surface area contributed by atoms with Gasteiger partial charge in [-0.3, -0.25) is 14.5 Å². The average molecular weight is 470 g/mol. The summed E-state index contributed by atoms with van der Waals surface area (Å²) in [7, 11) is 0. The first-order valence-electron chi connectivity index (χ1n) is 11.5. The maximum Gasteiger partial charge on any atom is 0.264 e. The highest BCUT2D eigenvalue weighted by Gasteiger charge is 2.37. The minimum atomic E-state index is -0.289. The molecule has 0 fully saturated rings. The van der Waals surface area contributed by atoms with Crippen molar-refractivity contribution in [2.75, 3.05) is 11.4 Å². The minimum Gasteiger partial charge on any atom is -0.326 e. The second kappa shape index (κ2) is 8.95. The normalized spacial score (nSPS) is 14.6. The molecule has 1 unspecified atom stereocenters. The first kappa shape index (κ1) is 22.2. The maximum atomic E-state index is 14.1. The Morgan fingerprint density at radius 2 is 1.76 bits per heavy atom. The molecule has 6 heteroatoms. The summed E-state index contributed by atoms with van der Waals surface area (Å²) in [6.45, 7) is 5.97. The van der Waals surface area contributed by atoms with Crippen LogP contribution in [0.4, 0.5) is 5.69 Å². The lowest BCUT2D eigenvalue weighted by molar-refractivity contribution is -0.120. The lowest BCUT2D eigenvalue weighted by Gasteiger charge is -2.40. The number of carbonyl (C=O) groups is 2. The van der Waals surface area contributed by atoms with Gasteiger partial charge in [-0.25, -0.2) is 0 Å². The summed E-state index contributed by atoms with van der Waals surface area (Å²) in [6.07, 6.45) is 2.04. The van der Waals surface area contributed by atoms with E-state index in [1.807, 2.05) is 78.9 Å². The van der Waals surface area contributed by atoms with E-state index in [4.69, 9.17) is 0 Å². The number of benzene rings is 2. The molecule has 0 aliphatic carbocycles. The smallest absolute Gasteiger partial charge is 0.264 e. The van der Waals surface area contributed by atoms with E-state index in [0.29, 0.717) is 4.88 Å². The molecule has 4 aromatic rings. The number of para-hydroxylation sites is 2. The number of amides is 2. The van der Waals surface area contributed by atoms with Gasteiger partial charge in [0.2, 0.25) is 5.91 Å². The van der Waals surface area contributed by atoms with Gasteiger partial charge < -0.3 is 9.47 Å². The molecule has 3 heterocycles. The highest BCUT2D eigenvalue weighted by molar-refractivity contribution is 7.12. The Morgan fingerprint density at radius 3 is 2.47 bits per heavy atom. The fourth-order valence-corrected chi connectivity index (χ4v) is 5.35. The number of aryl methyl sites for hydroxylation is 1. The van der Waals surface area contributed by atoms with Crippen LogP contribution in [0.1, 0.15) is 46.4 Å². The fourth-order valence-electron chi connectivity index (χ4n) is 4.67. The Morgan fingerprint density at radius 1 is 0.971 bits per heavy atom. The van der Waals surface area contributed by atoms with Crippen LogP contribution in [0.2, 0.25) is 0 Å². The highest BCUT2D eigenvalue weighted by atomic mass is 32.1. The predicted octanol–water partition coefficient (Wildman–Crippen LogP) is 5.83. The molecule has 5 rings (SSSR count). The van der Waals surface area contributed by atoms with Crippen molar-refractivity contribution in [3.05, 3.63) is 106 Å². The topological polar surface area (TPSA) is 45.6 Å². The van der Waals surface area contributed by atoms with Crippen LogP contribution in [0.3, 0.4) is 0 Å². The number of anilines is 1. The van der Waals surface area contributed by atoms with Crippen LogP contribution in [0.15, 0.2) is 84.4 Å². The zero-order chi connectivity index (χ0) is 23.8. The van der Waals surface area contributed by atoms with E-state index in [9.17, 15) is 9.59 Å². The standard InChI is InChI=1S/C28H27N3O2S/c1-19(2)30(28(33)25-14-8-16-34-25)18-26(32)31-23-12-5-4-11-22(23)29-15-7-13-24(29)27(31)21-10-6-9-20(3)17-21/h4-17,19,27H,18H2,1-3H3. The van der Waals surface area contributed by atoms with Gasteiger partial charge in [-0.05, 0) is 62.0 Å². The zero-order valence-corrected chi connectivity index (χ0v) is 20.3. The van der Waals surface area contributed by atoms with Crippen molar-refractivity contribution in [2.45, 2.75) is 32.9 Å². The Hall–Kier alpha value is -3.64. The van der Waals surface area contributed by atoms with Crippen LogP contribution in [-0.4, -0.2) is 33.9 Å². The fraction of sp³-hybridized carbons (Fsp3) is 0.214. The Labute approximate surface area is 203 Å². The number of carbonyl (C=O) groups excluding carboxylic acids is 2. The van der Waals surface area contributed by atoms with Gasteiger partial charge in [-0.2, -0.15) is 0 Å². The molecule has 0 bridgehead atoms. The lowest BCUT2D eigenvalue weighted by atomic mass is 9.96. The molecule has 2 aromatic carbocycles. The molecule has 0 saturated heterocycles. The first-order chi connectivity index (χ1) is 16.5. The van der Waals surface area contributed by atoms with Gasteiger partial charge in [0.25, 0.3) is 5.91 Å². The van der Waals surface area contributed by atoms with Crippen molar-refractivity contribution in [3.8, 4) is 5.69 Å².